The lowest BCUT2D eigenvalue weighted by atomic mass is 10.1. The highest BCUT2D eigenvalue weighted by molar-refractivity contribution is 6.07. The molecule has 0 aliphatic carbocycles. The molecule has 0 saturated carbocycles. The normalized spacial score (nSPS) is 16.3. The van der Waals surface area contributed by atoms with E-state index in [-0.39, 0.29) is 5.91 Å². The SMILES string of the molecule is Cc1cc(C(=O)N2CCc3cc(C#N)ccc32)ccc1N1CCOCC1. The van der Waals surface area contributed by atoms with Crippen LogP contribution < -0.4 is 9.80 Å². The van der Waals surface area contributed by atoms with Crippen LogP contribution in [0.15, 0.2) is 36.4 Å². The number of carbonyl (C=O) groups excluding carboxylic acids is 1. The van der Waals surface area contributed by atoms with E-state index >= 15 is 0 Å². The Morgan fingerprint density at radius 2 is 1.85 bits per heavy atom. The lowest BCUT2D eigenvalue weighted by Gasteiger charge is -2.30. The molecule has 0 aromatic heterocycles. The first kappa shape index (κ1) is 16.6. The summed E-state index contributed by atoms with van der Waals surface area (Å²) in [5.74, 6) is 0.0186. The Kier molecular flexibility index (Phi) is 4.36. The van der Waals surface area contributed by atoms with Gasteiger partial charge in [-0.1, -0.05) is 0 Å². The van der Waals surface area contributed by atoms with Gasteiger partial charge in [-0.15, -0.1) is 0 Å². The molecule has 1 saturated heterocycles. The molecule has 0 unspecified atom stereocenters. The van der Waals surface area contributed by atoms with Crippen molar-refractivity contribution in [3.05, 3.63) is 58.7 Å². The van der Waals surface area contributed by atoms with Crippen LogP contribution in [0.1, 0.15) is 27.0 Å². The summed E-state index contributed by atoms with van der Waals surface area (Å²) >= 11 is 0. The Balaban J connectivity index is 1.58. The van der Waals surface area contributed by atoms with Crippen LogP contribution in [0, 0.1) is 18.3 Å². The van der Waals surface area contributed by atoms with Crippen LogP contribution in [0.25, 0.3) is 0 Å². The first-order chi connectivity index (χ1) is 12.7. The van der Waals surface area contributed by atoms with Crippen molar-refractivity contribution in [3.8, 4) is 6.07 Å². The van der Waals surface area contributed by atoms with Gasteiger partial charge in [0.1, 0.15) is 0 Å². The fourth-order valence-electron chi connectivity index (χ4n) is 3.79. The number of carbonyl (C=O) groups is 1. The molecule has 2 heterocycles. The van der Waals surface area contributed by atoms with Crippen LogP contribution >= 0.6 is 0 Å². The molecule has 0 spiro atoms. The highest BCUT2D eigenvalue weighted by Gasteiger charge is 2.26. The maximum absolute atomic E-state index is 13.0. The Bertz CT molecular complexity index is 895. The average molecular weight is 347 g/mol. The molecule has 1 fully saturated rings. The zero-order chi connectivity index (χ0) is 18.1. The number of hydrogen-bond acceptors (Lipinski definition) is 4. The quantitative estimate of drug-likeness (QED) is 0.838. The largest absolute Gasteiger partial charge is 0.378 e. The van der Waals surface area contributed by atoms with Gasteiger partial charge in [0.15, 0.2) is 0 Å². The molecular formula is C21H21N3O2. The van der Waals surface area contributed by atoms with E-state index in [4.69, 9.17) is 10.00 Å². The van der Waals surface area contributed by atoms with E-state index in [9.17, 15) is 4.79 Å². The molecule has 0 radical (unpaired) electrons. The molecule has 4 rings (SSSR count). The second-order valence-corrected chi connectivity index (χ2v) is 6.76. The molecule has 26 heavy (non-hydrogen) atoms. The Labute approximate surface area is 153 Å². The molecule has 2 aromatic rings. The molecule has 2 aromatic carbocycles. The number of ether oxygens (including phenoxy) is 1. The van der Waals surface area contributed by atoms with Crippen molar-refractivity contribution in [1.82, 2.24) is 0 Å². The van der Waals surface area contributed by atoms with E-state index < -0.39 is 0 Å². The van der Waals surface area contributed by atoms with Crippen molar-refractivity contribution in [3.63, 3.8) is 0 Å². The van der Waals surface area contributed by atoms with Gasteiger partial charge in [0, 0.05) is 36.6 Å². The van der Waals surface area contributed by atoms with Gasteiger partial charge < -0.3 is 14.5 Å². The van der Waals surface area contributed by atoms with Crippen molar-refractivity contribution >= 4 is 17.3 Å². The topological polar surface area (TPSA) is 56.6 Å². The van der Waals surface area contributed by atoms with Gasteiger partial charge in [-0.3, -0.25) is 4.79 Å². The number of rotatable bonds is 2. The van der Waals surface area contributed by atoms with Crippen LogP contribution in [0.4, 0.5) is 11.4 Å². The number of hydrogen-bond donors (Lipinski definition) is 0. The first-order valence-corrected chi connectivity index (χ1v) is 8.95. The van der Waals surface area contributed by atoms with E-state index in [0.29, 0.717) is 17.7 Å². The van der Waals surface area contributed by atoms with E-state index in [2.05, 4.69) is 17.9 Å². The zero-order valence-corrected chi connectivity index (χ0v) is 14.9. The minimum atomic E-state index is 0.0186. The third kappa shape index (κ3) is 2.93. The summed E-state index contributed by atoms with van der Waals surface area (Å²) < 4.78 is 5.42. The van der Waals surface area contributed by atoms with Gasteiger partial charge in [0.05, 0.1) is 24.8 Å². The van der Waals surface area contributed by atoms with Crippen LogP contribution in [-0.4, -0.2) is 38.8 Å². The molecule has 0 bridgehead atoms. The van der Waals surface area contributed by atoms with Crippen LogP contribution in [0.3, 0.4) is 0 Å². The number of anilines is 2. The van der Waals surface area contributed by atoms with Gasteiger partial charge in [0.2, 0.25) is 0 Å². The van der Waals surface area contributed by atoms with Crippen molar-refractivity contribution in [2.75, 3.05) is 42.6 Å². The van der Waals surface area contributed by atoms with Crippen LogP contribution in [-0.2, 0) is 11.2 Å². The van der Waals surface area contributed by atoms with Crippen LogP contribution in [0.5, 0.6) is 0 Å². The third-order valence-corrected chi connectivity index (χ3v) is 5.14. The van der Waals surface area contributed by atoms with Gasteiger partial charge in [0.25, 0.3) is 5.91 Å². The summed E-state index contributed by atoms with van der Waals surface area (Å²) in [4.78, 5) is 17.2. The summed E-state index contributed by atoms with van der Waals surface area (Å²) in [6, 6.07) is 13.6. The molecule has 5 nitrogen and oxygen atoms in total. The van der Waals surface area contributed by atoms with Gasteiger partial charge >= 0.3 is 0 Å². The van der Waals surface area contributed by atoms with Gasteiger partial charge in [-0.2, -0.15) is 5.26 Å². The maximum atomic E-state index is 13.0. The predicted molar refractivity (Wildman–Crippen MR) is 101 cm³/mol. The van der Waals surface area contributed by atoms with E-state index in [1.165, 1.54) is 5.69 Å². The minimum absolute atomic E-state index is 0.0186. The van der Waals surface area contributed by atoms with Crippen molar-refractivity contribution in [1.29, 1.82) is 5.26 Å². The third-order valence-electron chi connectivity index (χ3n) is 5.14. The molecular weight excluding hydrogens is 326 g/mol. The maximum Gasteiger partial charge on any atom is 0.258 e. The smallest absolute Gasteiger partial charge is 0.258 e. The standard InChI is InChI=1S/C21H21N3O2/c1-15-12-18(3-5-19(15)23-8-10-26-11-9-23)21(25)24-7-6-17-13-16(14-22)2-4-20(17)24/h2-5,12-13H,6-11H2,1H3. The molecule has 2 aliphatic heterocycles. The summed E-state index contributed by atoms with van der Waals surface area (Å²) in [5.41, 5.74) is 5.62. The number of nitrogens with zero attached hydrogens (tertiary/aromatic N) is 3. The molecule has 0 N–H and O–H groups in total. The molecule has 1 amide bonds. The lowest BCUT2D eigenvalue weighted by Crippen LogP contribution is -2.36. The van der Waals surface area contributed by atoms with E-state index in [1.807, 2.05) is 35.2 Å². The zero-order valence-electron chi connectivity index (χ0n) is 14.9. The number of nitriles is 1. The second kappa shape index (κ2) is 6.81. The fourth-order valence-corrected chi connectivity index (χ4v) is 3.79. The second-order valence-electron chi connectivity index (χ2n) is 6.76. The summed E-state index contributed by atoms with van der Waals surface area (Å²) in [6.45, 7) is 5.97. The lowest BCUT2D eigenvalue weighted by molar-refractivity contribution is 0.0989. The average Bonchev–Trinajstić information content (AvgIpc) is 3.11. The first-order valence-electron chi connectivity index (χ1n) is 8.95. The summed E-state index contributed by atoms with van der Waals surface area (Å²) in [6.07, 6.45) is 0.793. The highest BCUT2D eigenvalue weighted by atomic mass is 16.5. The molecule has 5 heteroatoms. The molecule has 132 valence electrons. The molecule has 2 aliphatic rings. The number of aryl methyl sites for hydroxylation is 1. The van der Waals surface area contributed by atoms with Crippen LogP contribution in [0.2, 0.25) is 0 Å². The van der Waals surface area contributed by atoms with E-state index in [0.717, 1.165) is 49.5 Å². The van der Waals surface area contributed by atoms with Crippen molar-refractivity contribution in [2.45, 2.75) is 13.3 Å². The monoisotopic (exact) mass is 347 g/mol. The Hall–Kier alpha value is -2.84. The summed E-state index contributed by atoms with van der Waals surface area (Å²) in [5, 5.41) is 9.04. The Morgan fingerprint density at radius 1 is 1.08 bits per heavy atom. The molecule has 0 atom stereocenters. The Morgan fingerprint density at radius 3 is 2.58 bits per heavy atom. The number of fused-ring (bicyclic) bond motifs is 1. The highest BCUT2D eigenvalue weighted by Crippen LogP contribution is 2.31. The van der Waals surface area contributed by atoms with Gasteiger partial charge in [-0.05, 0) is 60.9 Å². The van der Waals surface area contributed by atoms with Crippen molar-refractivity contribution < 1.29 is 9.53 Å². The number of benzene rings is 2. The number of morpholine rings is 1. The van der Waals surface area contributed by atoms with Crippen molar-refractivity contribution in [2.24, 2.45) is 0 Å². The fraction of sp³-hybridized carbons (Fsp3) is 0.333. The summed E-state index contributed by atoms with van der Waals surface area (Å²) in [7, 11) is 0. The predicted octanol–water partition coefficient (Wildman–Crippen LogP) is 2.91. The van der Waals surface area contributed by atoms with Gasteiger partial charge in [-0.25, -0.2) is 0 Å². The van der Waals surface area contributed by atoms with E-state index in [1.54, 1.807) is 6.07 Å². The number of amides is 1. The minimum Gasteiger partial charge on any atom is -0.378 e.